The molecule has 1 amide bonds. The molecule has 3 aromatic rings. The number of piperazine rings is 1. The largest absolute Gasteiger partial charge is 0.368 e. The van der Waals surface area contributed by atoms with E-state index in [0.717, 1.165) is 16.2 Å². The fraction of sp³-hybridized carbons (Fsp3) is 0.208. The van der Waals surface area contributed by atoms with Crippen molar-refractivity contribution in [2.75, 3.05) is 41.3 Å². The Hall–Kier alpha value is -3.62. The van der Waals surface area contributed by atoms with Crippen LogP contribution < -0.4 is 15.1 Å². The molecule has 0 unspecified atom stereocenters. The second-order valence-electron chi connectivity index (χ2n) is 7.65. The van der Waals surface area contributed by atoms with E-state index in [1.807, 2.05) is 35.2 Å². The number of nitrogens with one attached hydrogen (secondary N) is 1. The molecule has 0 saturated carbocycles. The zero-order valence-electron chi connectivity index (χ0n) is 17.4. The number of anilines is 3. The number of carbonyl (C=O) groups excluding carboxylic acids is 1. The molecule has 0 aromatic heterocycles. The van der Waals surface area contributed by atoms with Crippen LogP contribution >= 0.6 is 0 Å². The van der Waals surface area contributed by atoms with E-state index in [4.69, 9.17) is 0 Å². The third-order valence-electron chi connectivity index (χ3n) is 5.51. The third-order valence-corrected chi connectivity index (χ3v) is 5.51. The minimum Gasteiger partial charge on any atom is -0.368 e. The molecule has 1 fully saturated rings. The van der Waals surface area contributed by atoms with E-state index < -0.39 is 34.8 Å². The molecule has 1 heterocycles. The molecular formula is C24H20F5N3O. The summed E-state index contributed by atoms with van der Waals surface area (Å²) in [5, 5.41) is 2.83. The maximum Gasteiger partial charge on any atom is 0.228 e. The summed E-state index contributed by atoms with van der Waals surface area (Å²) in [5.74, 6) is -9.85. The molecule has 0 bridgehead atoms. The highest BCUT2D eigenvalue weighted by Crippen LogP contribution is 2.31. The Bertz CT molecular complexity index is 1120. The van der Waals surface area contributed by atoms with Gasteiger partial charge in [-0.3, -0.25) is 4.79 Å². The number of benzene rings is 3. The highest BCUT2D eigenvalue weighted by Gasteiger charge is 2.30. The third kappa shape index (κ3) is 4.76. The van der Waals surface area contributed by atoms with Gasteiger partial charge in [0.1, 0.15) is 5.69 Å². The van der Waals surface area contributed by atoms with Crippen LogP contribution in [0.2, 0.25) is 0 Å². The zero-order chi connectivity index (χ0) is 23.5. The maximum absolute atomic E-state index is 14.1. The molecule has 33 heavy (non-hydrogen) atoms. The van der Waals surface area contributed by atoms with Gasteiger partial charge in [0, 0.05) is 37.6 Å². The fourth-order valence-electron chi connectivity index (χ4n) is 3.80. The van der Waals surface area contributed by atoms with E-state index in [2.05, 4.69) is 5.32 Å². The Labute approximate surface area is 187 Å². The van der Waals surface area contributed by atoms with Crippen LogP contribution in [0.5, 0.6) is 0 Å². The quantitative estimate of drug-likeness (QED) is 0.334. The second-order valence-corrected chi connectivity index (χ2v) is 7.65. The number of carbonyl (C=O) groups is 1. The molecule has 0 radical (unpaired) electrons. The molecule has 0 spiro atoms. The maximum atomic E-state index is 14.1. The van der Waals surface area contributed by atoms with Gasteiger partial charge in [-0.2, -0.15) is 0 Å². The van der Waals surface area contributed by atoms with Crippen molar-refractivity contribution < 1.29 is 26.7 Å². The summed E-state index contributed by atoms with van der Waals surface area (Å²) in [5.41, 5.74) is 1.44. The van der Waals surface area contributed by atoms with Crippen LogP contribution in [0.15, 0.2) is 54.6 Å². The Morgan fingerprint density at radius 3 is 1.79 bits per heavy atom. The van der Waals surface area contributed by atoms with Crippen LogP contribution in [0.3, 0.4) is 0 Å². The van der Waals surface area contributed by atoms with Gasteiger partial charge in [0.05, 0.1) is 6.42 Å². The van der Waals surface area contributed by atoms with Crippen molar-refractivity contribution in [3.63, 3.8) is 0 Å². The van der Waals surface area contributed by atoms with Crippen LogP contribution in [0.25, 0.3) is 0 Å². The van der Waals surface area contributed by atoms with Gasteiger partial charge in [-0.15, -0.1) is 0 Å². The zero-order valence-corrected chi connectivity index (χ0v) is 17.4. The minimum atomic E-state index is -2.16. The van der Waals surface area contributed by atoms with Crippen LogP contribution in [0.1, 0.15) is 5.56 Å². The van der Waals surface area contributed by atoms with E-state index in [0.29, 0.717) is 18.8 Å². The molecule has 0 atom stereocenters. The van der Waals surface area contributed by atoms with Gasteiger partial charge in [0.25, 0.3) is 0 Å². The first-order valence-corrected chi connectivity index (χ1v) is 10.3. The SMILES string of the molecule is O=C(Cc1ccccc1)Nc1ccc(N2CCN(c3c(F)c(F)c(F)c(F)c3F)CC2)cc1. The number of amides is 1. The monoisotopic (exact) mass is 461 g/mol. The molecule has 1 N–H and O–H groups in total. The van der Waals surface area contributed by atoms with Crippen LogP contribution in [-0.4, -0.2) is 32.1 Å². The highest BCUT2D eigenvalue weighted by molar-refractivity contribution is 5.92. The number of nitrogens with zero attached hydrogens (tertiary/aromatic N) is 2. The average Bonchev–Trinajstić information content (AvgIpc) is 2.83. The summed E-state index contributed by atoms with van der Waals surface area (Å²) in [6.45, 7) is 0.792. The first-order valence-electron chi connectivity index (χ1n) is 10.3. The summed E-state index contributed by atoms with van der Waals surface area (Å²) >= 11 is 0. The number of halogens is 5. The Morgan fingerprint density at radius 1 is 0.697 bits per heavy atom. The van der Waals surface area contributed by atoms with Crippen molar-refractivity contribution >= 4 is 23.0 Å². The first-order chi connectivity index (χ1) is 15.8. The predicted molar refractivity (Wildman–Crippen MR) is 116 cm³/mol. The molecule has 0 aliphatic carbocycles. The van der Waals surface area contributed by atoms with E-state index in [9.17, 15) is 26.7 Å². The van der Waals surface area contributed by atoms with Crippen LogP contribution in [-0.2, 0) is 11.2 Å². The van der Waals surface area contributed by atoms with E-state index in [1.165, 1.54) is 0 Å². The number of hydrogen-bond donors (Lipinski definition) is 1. The summed E-state index contributed by atoms with van der Waals surface area (Å²) in [6, 6.07) is 16.4. The lowest BCUT2D eigenvalue weighted by Crippen LogP contribution is -2.47. The highest BCUT2D eigenvalue weighted by atomic mass is 19.2. The lowest BCUT2D eigenvalue weighted by Gasteiger charge is -2.37. The van der Waals surface area contributed by atoms with Crippen molar-refractivity contribution in [2.45, 2.75) is 6.42 Å². The van der Waals surface area contributed by atoms with Crippen molar-refractivity contribution in [2.24, 2.45) is 0 Å². The van der Waals surface area contributed by atoms with E-state index in [-0.39, 0.29) is 25.4 Å². The topological polar surface area (TPSA) is 35.6 Å². The molecule has 9 heteroatoms. The average molecular weight is 461 g/mol. The fourth-order valence-corrected chi connectivity index (χ4v) is 3.80. The second kappa shape index (κ2) is 9.48. The van der Waals surface area contributed by atoms with Crippen molar-refractivity contribution in [3.8, 4) is 0 Å². The predicted octanol–water partition coefficient (Wildman–Crippen LogP) is 4.89. The van der Waals surface area contributed by atoms with Crippen molar-refractivity contribution in [1.29, 1.82) is 0 Å². The van der Waals surface area contributed by atoms with Gasteiger partial charge in [-0.1, -0.05) is 30.3 Å². The minimum absolute atomic E-state index is 0.0773. The normalized spacial score (nSPS) is 13.8. The van der Waals surface area contributed by atoms with Gasteiger partial charge in [0.2, 0.25) is 11.7 Å². The van der Waals surface area contributed by atoms with Gasteiger partial charge in [-0.25, -0.2) is 22.0 Å². The Kier molecular flexibility index (Phi) is 6.48. The standard InChI is InChI=1S/C24H20F5N3O/c25-19-20(26)22(28)24(23(29)21(19)27)32-12-10-31(11-13-32)17-8-6-16(7-9-17)30-18(33)14-15-4-2-1-3-5-15/h1-9H,10-14H2,(H,30,33). The van der Waals surface area contributed by atoms with Crippen LogP contribution in [0, 0.1) is 29.1 Å². The Balaban J connectivity index is 1.37. The lowest BCUT2D eigenvalue weighted by atomic mass is 10.1. The first kappa shape index (κ1) is 22.6. The molecular weight excluding hydrogens is 441 g/mol. The lowest BCUT2D eigenvalue weighted by molar-refractivity contribution is -0.115. The van der Waals surface area contributed by atoms with Gasteiger partial charge < -0.3 is 15.1 Å². The van der Waals surface area contributed by atoms with Crippen molar-refractivity contribution in [3.05, 3.63) is 89.2 Å². The summed E-state index contributed by atoms with van der Waals surface area (Å²) in [6.07, 6.45) is 0.252. The molecule has 1 aliphatic heterocycles. The Morgan fingerprint density at radius 2 is 1.21 bits per heavy atom. The van der Waals surface area contributed by atoms with E-state index >= 15 is 0 Å². The molecule has 4 nitrogen and oxygen atoms in total. The van der Waals surface area contributed by atoms with Gasteiger partial charge in [0.15, 0.2) is 23.3 Å². The molecule has 4 rings (SSSR count). The summed E-state index contributed by atoms with van der Waals surface area (Å²) in [4.78, 5) is 15.3. The summed E-state index contributed by atoms with van der Waals surface area (Å²) in [7, 11) is 0. The summed E-state index contributed by atoms with van der Waals surface area (Å²) < 4.78 is 68.5. The molecule has 172 valence electrons. The number of hydrogen-bond acceptors (Lipinski definition) is 3. The molecule has 3 aromatic carbocycles. The van der Waals surface area contributed by atoms with E-state index in [1.54, 1.807) is 24.3 Å². The smallest absolute Gasteiger partial charge is 0.228 e. The van der Waals surface area contributed by atoms with Crippen molar-refractivity contribution in [1.82, 2.24) is 0 Å². The molecule has 1 aliphatic rings. The van der Waals surface area contributed by atoms with Crippen LogP contribution in [0.4, 0.5) is 39.0 Å². The molecule has 1 saturated heterocycles. The van der Waals surface area contributed by atoms with Gasteiger partial charge >= 0.3 is 0 Å². The van der Waals surface area contributed by atoms with Gasteiger partial charge in [-0.05, 0) is 29.8 Å². The number of rotatable bonds is 5.